The van der Waals surface area contributed by atoms with Crippen molar-refractivity contribution in [1.82, 2.24) is 0 Å². The van der Waals surface area contributed by atoms with Crippen molar-refractivity contribution in [3.63, 3.8) is 0 Å². The molecule has 59 heavy (non-hydrogen) atoms. The third-order valence-electron chi connectivity index (χ3n) is 10.2. The van der Waals surface area contributed by atoms with Crippen LogP contribution < -0.4 is 0 Å². The average molecular weight is 855 g/mol. The lowest BCUT2D eigenvalue weighted by molar-refractivity contribution is -0.161. The number of rotatable bonds is 39. The lowest BCUT2D eigenvalue weighted by Crippen LogP contribution is -2.29. The summed E-state index contributed by atoms with van der Waals surface area (Å²) in [6.45, 7) is 2.05. The van der Waals surface area contributed by atoms with E-state index in [4.69, 9.17) is 19.1 Å². The van der Waals surface area contributed by atoms with E-state index in [1.807, 2.05) is 24.3 Å². The summed E-state index contributed by atoms with van der Waals surface area (Å²) in [6.07, 6.45) is 35.6. The SMILES string of the molecule is CCCCCCCC/C=C\CCCCCCCCCC(=O)O[C@H](COC(=O)CCC/C=C\C[C@H]1C=CC(=O)[C@@H]1/C=C/[C@@H](O)CCCCC)COP(=O)(O)OC[C@@H](O)CO. The molecule has 0 saturated heterocycles. The van der Waals surface area contributed by atoms with Gasteiger partial charge in [0.2, 0.25) is 0 Å². The van der Waals surface area contributed by atoms with Crippen LogP contribution in [0.1, 0.15) is 168 Å². The van der Waals surface area contributed by atoms with Crippen molar-refractivity contribution in [2.45, 2.75) is 186 Å². The highest BCUT2D eigenvalue weighted by atomic mass is 31.2. The largest absolute Gasteiger partial charge is 0.472 e. The van der Waals surface area contributed by atoms with Crippen LogP contribution in [0.3, 0.4) is 0 Å². The Bertz CT molecular complexity index is 1260. The highest BCUT2D eigenvalue weighted by Crippen LogP contribution is 2.43. The summed E-state index contributed by atoms with van der Waals surface area (Å²) < 4.78 is 32.7. The van der Waals surface area contributed by atoms with Gasteiger partial charge in [-0.1, -0.05) is 140 Å². The average Bonchev–Trinajstić information content (AvgIpc) is 3.57. The molecule has 0 fully saturated rings. The Morgan fingerprint density at radius 3 is 1.95 bits per heavy atom. The van der Waals surface area contributed by atoms with Crippen LogP contribution in [-0.4, -0.2) is 82.7 Å². The highest BCUT2D eigenvalue weighted by Gasteiger charge is 2.28. The van der Waals surface area contributed by atoms with Gasteiger partial charge in [-0.05, 0) is 69.8 Å². The van der Waals surface area contributed by atoms with Gasteiger partial charge in [-0.3, -0.25) is 23.4 Å². The maximum atomic E-state index is 12.7. The molecule has 0 spiro atoms. The minimum atomic E-state index is -4.67. The van der Waals surface area contributed by atoms with E-state index >= 15 is 0 Å². The molecule has 0 aromatic rings. The molecule has 0 saturated carbocycles. The fourth-order valence-electron chi connectivity index (χ4n) is 6.57. The Labute approximate surface area is 355 Å². The van der Waals surface area contributed by atoms with E-state index in [-0.39, 0.29) is 30.5 Å². The van der Waals surface area contributed by atoms with E-state index in [1.54, 1.807) is 12.2 Å². The molecule has 0 radical (unpaired) electrons. The topological polar surface area (TPSA) is 186 Å². The summed E-state index contributed by atoms with van der Waals surface area (Å²) >= 11 is 0. The predicted octanol–water partition coefficient (Wildman–Crippen LogP) is 9.73. The number of hydrogen-bond acceptors (Lipinski definition) is 11. The molecule has 0 heterocycles. The molecule has 6 atom stereocenters. The van der Waals surface area contributed by atoms with Crippen LogP contribution >= 0.6 is 7.82 Å². The number of carbonyl (C=O) groups excluding carboxylic acids is 3. The van der Waals surface area contributed by atoms with Crippen LogP contribution in [0.5, 0.6) is 0 Å². The molecule has 0 aliphatic heterocycles. The number of ether oxygens (including phenoxy) is 2. The van der Waals surface area contributed by atoms with Crippen molar-refractivity contribution in [3.05, 3.63) is 48.6 Å². The smallest absolute Gasteiger partial charge is 0.462 e. The first-order valence-electron chi connectivity index (χ1n) is 22.7. The van der Waals surface area contributed by atoms with Crippen molar-refractivity contribution in [3.8, 4) is 0 Å². The van der Waals surface area contributed by atoms with Crippen LogP contribution in [-0.2, 0) is 37.5 Å². The van der Waals surface area contributed by atoms with Crippen molar-refractivity contribution in [2.75, 3.05) is 26.4 Å². The second-order valence-corrected chi connectivity index (χ2v) is 17.2. The Morgan fingerprint density at radius 1 is 0.729 bits per heavy atom. The van der Waals surface area contributed by atoms with Crippen molar-refractivity contribution >= 4 is 25.5 Å². The molecule has 1 aliphatic rings. The molecule has 340 valence electrons. The van der Waals surface area contributed by atoms with Gasteiger partial charge in [0.15, 0.2) is 11.9 Å². The third kappa shape index (κ3) is 31.1. The summed E-state index contributed by atoms with van der Waals surface area (Å²) in [5.41, 5.74) is 0. The molecule has 1 aliphatic carbocycles. The maximum Gasteiger partial charge on any atom is 0.472 e. The van der Waals surface area contributed by atoms with E-state index in [2.05, 4.69) is 30.5 Å². The molecule has 1 rings (SSSR count). The number of phosphoric acid groups is 1. The molecular formula is C46H79O12P. The van der Waals surface area contributed by atoms with Gasteiger partial charge in [-0.25, -0.2) is 4.57 Å². The van der Waals surface area contributed by atoms with Gasteiger partial charge in [0.1, 0.15) is 12.7 Å². The fraction of sp³-hybridized carbons (Fsp3) is 0.761. The molecular weight excluding hydrogens is 775 g/mol. The van der Waals surface area contributed by atoms with E-state index < -0.39 is 64.5 Å². The second kappa shape index (κ2) is 36.2. The monoisotopic (exact) mass is 855 g/mol. The standard InChI is InChI=1S/C46H79O12P/c1-3-5-7-8-9-10-11-12-13-14-15-16-17-18-19-20-26-30-46(52)58-42(38-57-59(53,54)56-36-41(49)35-47)37-55-45(51)29-25-22-21-24-27-39-31-34-44(50)43(39)33-32-40(48)28-23-6-4-2/h12-13,21,24,31-34,39-43,47-49H,3-11,14-20,22-23,25-30,35-38H2,1-2H3,(H,53,54)/b13-12-,24-21-,33-32+/t39-,40-,41-,42+,43+/m0/s1. The van der Waals surface area contributed by atoms with Gasteiger partial charge >= 0.3 is 19.8 Å². The van der Waals surface area contributed by atoms with Crippen LogP contribution in [0.4, 0.5) is 0 Å². The zero-order valence-corrected chi connectivity index (χ0v) is 37.2. The summed E-state index contributed by atoms with van der Waals surface area (Å²) in [6, 6.07) is 0. The Hall–Kier alpha value is -2.44. The molecule has 12 nitrogen and oxygen atoms in total. The molecule has 0 aromatic carbocycles. The minimum absolute atomic E-state index is 0.0102. The number of phosphoric ester groups is 1. The number of aliphatic hydroxyl groups is 3. The van der Waals surface area contributed by atoms with Gasteiger partial charge in [-0.2, -0.15) is 0 Å². The highest BCUT2D eigenvalue weighted by molar-refractivity contribution is 7.47. The Morgan fingerprint density at radius 2 is 1.29 bits per heavy atom. The summed E-state index contributed by atoms with van der Waals surface area (Å²) in [5.74, 6) is -1.34. The Kier molecular flexibility index (Phi) is 33.5. The van der Waals surface area contributed by atoms with Crippen LogP contribution in [0.2, 0.25) is 0 Å². The molecule has 1 unspecified atom stereocenters. The van der Waals surface area contributed by atoms with Gasteiger partial charge in [0, 0.05) is 18.8 Å². The minimum Gasteiger partial charge on any atom is -0.462 e. The van der Waals surface area contributed by atoms with E-state index in [0.717, 1.165) is 51.4 Å². The Balaban J connectivity index is 2.41. The molecule has 0 amide bonds. The van der Waals surface area contributed by atoms with Crippen molar-refractivity contribution in [2.24, 2.45) is 11.8 Å². The molecule has 13 heteroatoms. The number of unbranched alkanes of at least 4 members (excludes halogenated alkanes) is 16. The fourth-order valence-corrected chi connectivity index (χ4v) is 7.36. The van der Waals surface area contributed by atoms with E-state index in [1.165, 1.54) is 57.8 Å². The van der Waals surface area contributed by atoms with Crippen LogP contribution in [0.25, 0.3) is 0 Å². The van der Waals surface area contributed by atoms with E-state index in [0.29, 0.717) is 32.1 Å². The normalized spacial score (nSPS) is 18.2. The van der Waals surface area contributed by atoms with E-state index in [9.17, 15) is 34.1 Å². The third-order valence-corrected chi connectivity index (χ3v) is 11.2. The number of esters is 2. The number of carbonyl (C=O) groups is 3. The van der Waals surface area contributed by atoms with Crippen LogP contribution in [0.15, 0.2) is 48.6 Å². The second-order valence-electron chi connectivity index (χ2n) is 15.7. The van der Waals surface area contributed by atoms with Crippen molar-refractivity contribution < 1.29 is 57.7 Å². The van der Waals surface area contributed by atoms with Crippen LogP contribution in [0, 0.1) is 11.8 Å². The first kappa shape index (κ1) is 54.6. The lowest BCUT2D eigenvalue weighted by atomic mass is 9.90. The number of ketones is 1. The zero-order chi connectivity index (χ0) is 43.4. The maximum absolute atomic E-state index is 12.7. The van der Waals surface area contributed by atoms with Gasteiger partial charge < -0.3 is 29.7 Å². The summed E-state index contributed by atoms with van der Waals surface area (Å²) in [4.78, 5) is 47.6. The summed E-state index contributed by atoms with van der Waals surface area (Å²) in [7, 11) is -4.67. The first-order chi connectivity index (χ1) is 28.5. The van der Waals surface area contributed by atoms with Crippen molar-refractivity contribution in [1.29, 1.82) is 0 Å². The molecule has 0 bridgehead atoms. The van der Waals surface area contributed by atoms with Gasteiger partial charge in [0.05, 0.1) is 25.9 Å². The van der Waals surface area contributed by atoms with Gasteiger partial charge in [-0.15, -0.1) is 0 Å². The first-order valence-corrected chi connectivity index (χ1v) is 24.1. The predicted molar refractivity (Wildman–Crippen MR) is 232 cm³/mol. The quantitative estimate of drug-likeness (QED) is 0.0199. The zero-order valence-electron chi connectivity index (χ0n) is 36.3. The molecule has 0 aromatic heterocycles. The number of aliphatic hydroxyl groups excluding tert-OH is 3. The number of allylic oxidation sites excluding steroid dienone is 7. The summed E-state index contributed by atoms with van der Waals surface area (Å²) in [5, 5.41) is 28.6. The molecule has 4 N–H and O–H groups in total. The number of hydrogen-bond donors (Lipinski definition) is 4. The lowest BCUT2D eigenvalue weighted by Gasteiger charge is -2.20. The van der Waals surface area contributed by atoms with Gasteiger partial charge in [0.25, 0.3) is 0 Å².